The maximum absolute atomic E-state index is 12.8. The third kappa shape index (κ3) is 5.51. The van der Waals surface area contributed by atoms with Gasteiger partial charge in [-0.05, 0) is 32.6 Å². The summed E-state index contributed by atoms with van der Waals surface area (Å²) in [6.45, 7) is 11.6. The largest absolute Gasteiger partial charge is 0.313 e. The van der Waals surface area contributed by atoms with E-state index in [1.165, 1.54) is 0 Å². The molecule has 126 valence electrons. The Kier molecular flexibility index (Phi) is 7.10. The van der Waals surface area contributed by atoms with Crippen molar-refractivity contribution in [1.29, 1.82) is 0 Å². The van der Waals surface area contributed by atoms with Crippen molar-refractivity contribution >= 4 is 10.2 Å². The summed E-state index contributed by atoms with van der Waals surface area (Å²) in [7, 11) is -3.42. The lowest BCUT2D eigenvalue weighted by atomic mass is 9.98. The minimum absolute atomic E-state index is 0.0663. The molecule has 0 aromatic carbocycles. The quantitative estimate of drug-likeness (QED) is 0.721. The van der Waals surface area contributed by atoms with E-state index in [-0.39, 0.29) is 11.6 Å². The highest BCUT2D eigenvalue weighted by molar-refractivity contribution is 7.87. The Morgan fingerprint density at radius 3 is 2.38 bits per heavy atom. The van der Waals surface area contributed by atoms with Crippen LogP contribution in [0.15, 0.2) is 0 Å². The number of nitrogens with one attached hydrogen (secondary N) is 2. The van der Waals surface area contributed by atoms with Crippen molar-refractivity contribution in [1.82, 2.24) is 14.3 Å². The van der Waals surface area contributed by atoms with E-state index in [1.807, 2.05) is 20.8 Å². The summed E-state index contributed by atoms with van der Waals surface area (Å²) >= 11 is 0. The third-order valence-corrected chi connectivity index (χ3v) is 6.43. The predicted molar refractivity (Wildman–Crippen MR) is 88.5 cm³/mol. The van der Waals surface area contributed by atoms with E-state index in [9.17, 15) is 8.42 Å². The molecule has 0 aromatic rings. The number of nitrogens with zero attached hydrogens (tertiary/aromatic N) is 1. The second-order valence-electron chi connectivity index (χ2n) is 6.70. The van der Waals surface area contributed by atoms with Crippen LogP contribution < -0.4 is 10.0 Å². The molecule has 0 aliphatic carbocycles. The highest BCUT2D eigenvalue weighted by atomic mass is 32.2. The minimum atomic E-state index is -3.42. The second kappa shape index (κ2) is 7.90. The topological polar surface area (TPSA) is 61.4 Å². The molecule has 0 saturated carbocycles. The summed E-state index contributed by atoms with van der Waals surface area (Å²) in [5.74, 6) is 0. The van der Waals surface area contributed by atoms with Crippen molar-refractivity contribution in [3.05, 3.63) is 0 Å². The molecule has 0 amide bonds. The lowest BCUT2D eigenvalue weighted by molar-refractivity contribution is 0.233. The van der Waals surface area contributed by atoms with Gasteiger partial charge in [0.15, 0.2) is 0 Å². The monoisotopic (exact) mass is 319 g/mol. The van der Waals surface area contributed by atoms with Gasteiger partial charge in [-0.3, -0.25) is 0 Å². The Balaban J connectivity index is 2.82. The lowest BCUT2D eigenvalue weighted by Gasteiger charge is -2.38. The van der Waals surface area contributed by atoms with Crippen LogP contribution in [0.1, 0.15) is 66.7 Å². The zero-order chi connectivity index (χ0) is 16.1. The number of rotatable bonds is 8. The molecule has 1 saturated heterocycles. The van der Waals surface area contributed by atoms with Crippen LogP contribution >= 0.6 is 0 Å². The normalized spacial score (nSPS) is 21.9. The molecule has 5 nitrogen and oxygen atoms in total. The van der Waals surface area contributed by atoms with Crippen molar-refractivity contribution in [2.75, 3.05) is 13.1 Å². The van der Waals surface area contributed by atoms with E-state index in [4.69, 9.17) is 0 Å². The van der Waals surface area contributed by atoms with Crippen molar-refractivity contribution in [3.8, 4) is 0 Å². The maximum atomic E-state index is 12.8. The van der Waals surface area contributed by atoms with Gasteiger partial charge in [-0.25, -0.2) is 0 Å². The van der Waals surface area contributed by atoms with Gasteiger partial charge in [-0.1, -0.05) is 34.1 Å². The van der Waals surface area contributed by atoms with Gasteiger partial charge in [0.2, 0.25) is 0 Å². The van der Waals surface area contributed by atoms with E-state index in [2.05, 4.69) is 23.9 Å². The first-order chi connectivity index (χ1) is 9.74. The first kappa shape index (κ1) is 18.9. The summed E-state index contributed by atoms with van der Waals surface area (Å²) in [5, 5.41) is 3.37. The van der Waals surface area contributed by atoms with Gasteiger partial charge >= 0.3 is 0 Å². The Bertz CT molecular complexity index is 405. The lowest BCUT2D eigenvalue weighted by Crippen LogP contribution is -2.57. The van der Waals surface area contributed by atoms with Crippen molar-refractivity contribution in [2.24, 2.45) is 0 Å². The standard InChI is InChI=1S/C15H33N3O2S/c1-6-15(5,7-2)17-21(19,20)18-11-9-8-10-14(18)12-16-13(3)4/h13-14,16-17H,6-12H2,1-5H3. The van der Waals surface area contributed by atoms with Crippen molar-refractivity contribution < 1.29 is 8.42 Å². The molecule has 1 unspecified atom stereocenters. The molecule has 1 fully saturated rings. The molecule has 0 aromatic heterocycles. The van der Waals surface area contributed by atoms with Gasteiger partial charge in [0.25, 0.3) is 10.2 Å². The summed E-state index contributed by atoms with van der Waals surface area (Å²) in [6, 6.07) is 0.442. The zero-order valence-corrected chi connectivity index (χ0v) is 15.1. The summed E-state index contributed by atoms with van der Waals surface area (Å²) in [5.41, 5.74) is -0.355. The number of hydrogen-bond donors (Lipinski definition) is 2. The van der Waals surface area contributed by atoms with Crippen LogP contribution in [0.3, 0.4) is 0 Å². The summed E-state index contributed by atoms with van der Waals surface area (Å²) in [4.78, 5) is 0. The summed E-state index contributed by atoms with van der Waals surface area (Å²) in [6.07, 6.45) is 4.59. The molecule has 1 aliphatic heterocycles. The van der Waals surface area contributed by atoms with Crippen LogP contribution in [0, 0.1) is 0 Å². The molecule has 1 heterocycles. The smallest absolute Gasteiger partial charge is 0.280 e. The number of piperidine rings is 1. The molecule has 21 heavy (non-hydrogen) atoms. The van der Waals surface area contributed by atoms with Crippen LogP contribution in [0.5, 0.6) is 0 Å². The zero-order valence-electron chi connectivity index (χ0n) is 14.3. The van der Waals surface area contributed by atoms with Crippen LogP contribution in [-0.2, 0) is 10.2 Å². The molecule has 1 atom stereocenters. The van der Waals surface area contributed by atoms with Gasteiger partial charge < -0.3 is 5.32 Å². The molecular formula is C15H33N3O2S. The fourth-order valence-electron chi connectivity index (χ4n) is 2.63. The molecule has 0 radical (unpaired) electrons. The minimum Gasteiger partial charge on any atom is -0.313 e. The third-order valence-electron chi connectivity index (χ3n) is 4.58. The first-order valence-electron chi connectivity index (χ1n) is 8.28. The fourth-order valence-corrected chi connectivity index (χ4v) is 4.60. The Morgan fingerprint density at radius 2 is 1.86 bits per heavy atom. The van der Waals surface area contributed by atoms with Crippen molar-refractivity contribution in [2.45, 2.75) is 84.3 Å². The van der Waals surface area contributed by atoms with Gasteiger partial charge in [0, 0.05) is 30.7 Å². The van der Waals surface area contributed by atoms with Gasteiger partial charge in [-0.2, -0.15) is 17.4 Å². The molecule has 6 heteroatoms. The van der Waals surface area contributed by atoms with Crippen LogP contribution in [0.25, 0.3) is 0 Å². The second-order valence-corrected chi connectivity index (χ2v) is 8.32. The summed E-state index contributed by atoms with van der Waals surface area (Å²) < 4.78 is 30.1. The number of hydrogen-bond acceptors (Lipinski definition) is 3. The van der Waals surface area contributed by atoms with Crippen molar-refractivity contribution in [3.63, 3.8) is 0 Å². The first-order valence-corrected chi connectivity index (χ1v) is 9.72. The van der Waals surface area contributed by atoms with E-state index < -0.39 is 10.2 Å². The molecule has 0 spiro atoms. The Morgan fingerprint density at radius 1 is 1.24 bits per heavy atom. The molecule has 1 aliphatic rings. The highest BCUT2D eigenvalue weighted by Gasteiger charge is 2.36. The van der Waals surface area contributed by atoms with Crippen LogP contribution in [0.2, 0.25) is 0 Å². The van der Waals surface area contributed by atoms with E-state index >= 15 is 0 Å². The Hall–Kier alpha value is -0.170. The van der Waals surface area contributed by atoms with Crippen LogP contribution in [0.4, 0.5) is 0 Å². The fraction of sp³-hybridized carbons (Fsp3) is 1.00. The van der Waals surface area contributed by atoms with E-state index in [0.717, 1.165) is 38.6 Å². The van der Waals surface area contributed by atoms with E-state index in [0.29, 0.717) is 12.6 Å². The van der Waals surface area contributed by atoms with Gasteiger partial charge in [0.05, 0.1) is 0 Å². The molecule has 0 bridgehead atoms. The Labute approximate surface area is 131 Å². The molecule has 1 rings (SSSR count). The predicted octanol–water partition coefficient (Wildman–Crippen LogP) is 2.25. The van der Waals surface area contributed by atoms with Gasteiger partial charge in [-0.15, -0.1) is 0 Å². The highest BCUT2D eigenvalue weighted by Crippen LogP contribution is 2.23. The maximum Gasteiger partial charge on any atom is 0.280 e. The van der Waals surface area contributed by atoms with E-state index in [1.54, 1.807) is 4.31 Å². The van der Waals surface area contributed by atoms with Gasteiger partial charge in [0.1, 0.15) is 0 Å². The van der Waals surface area contributed by atoms with Crippen LogP contribution in [-0.4, -0.2) is 43.4 Å². The average molecular weight is 320 g/mol. The average Bonchev–Trinajstić information content (AvgIpc) is 2.44. The SMILES string of the molecule is CCC(C)(CC)NS(=O)(=O)N1CCCCC1CNC(C)C. The molecule has 2 N–H and O–H groups in total. The molecular weight excluding hydrogens is 286 g/mol.